The summed E-state index contributed by atoms with van der Waals surface area (Å²) in [5, 5.41) is 11.0. The molecule has 150 valence electrons. The van der Waals surface area contributed by atoms with Crippen LogP contribution in [0.2, 0.25) is 0 Å². The maximum atomic E-state index is 12.8. The van der Waals surface area contributed by atoms with E-state index in [1.165, 1.54) is 0 Å². The maximum Gasteiger partial charge on any atom is 0.240 e. The molecular weight excluding hydrogens is 370 g/mol. The Bertz CT molecular complexity index is 630. The van der Waals surface area contributed by atoms with Crippen LogP contribution >= 0.6 is 11.6 Å². The molecule has 0 aliphatic carbocycles. The Hall–Kier alpha value is -0.620. The van der Waals surface area contributed by atoms with Gasteiger partial charge in [-0.3, -0.25) is 0 Å². The summed E-state index contributed by atoms with van der Waals surface area (Å²) in [4.78, 5) is 0.238. The molecule has 0 saturated carbocycles. The lowest BCUT2D eigenvalue weighted by atomic mass is 9.76. The smallest absolute Gasteiger partial charge is 0.240 e. The van der Waals surface area contributed by atoms with Gasteiger partial charge in [-0.15, -0.1) is 11.6 Å². The first-order valence-electron chi connectivity index (χ1n) is 9.43. The van der Waals surface area contributed by atoms with Crippen LogP contribution in [0, 0.1) is 11.8 Å². The summed E-state index contributed by atoms with van der Waals surface area (Å²) in [6.07, 6.45) is 2.56. The van der Waals surface area contributed by atoms with Crippen molar-refractivity contribution in [3.63, 3.8) is 0 Å². The summed E-state index contributed by atoms with van der Waals surface area (Å²) in [7, 11) is -3.66. The van der Waals surface area contributed by atoms with Gasteiger partial charge in [0, 0.05) is 17.3 Å². The highest BCUT2D eigenvalue weighted by molar-refractivity contribution is 7.89. The highest BCUT2D eigenvalue weighted by atomic mass is 35.5. The van der Waals surface area contributed by atoms with Crippen molar-refractivity contribution in [2.24, 2.45) is 11.8 Å². The van der Waals surface area contributed by atoms with Crippen LogP contribution in [-0.4, -0.2) is 30.5 Å². The van der Waals surface area contributed by atoms with Crippen LogP contribution in [0.5, 0.6) is 0 Å². The first kappa shape index (κ1) is 23.4. The molecule has 0 heterocycles. The molecule has 26 heavy (non-hydrogen) atoms. The standard InChI is InChI=1S/C20H34ClNO3S/c1-6-18(20(5,23)14-15(2)3)19(13-12-16(4)21)22-26(24,25)17-10-8-7-9-11-17/h7-11,15-16,18-19,22-23H,6,12-14H2,1-5H3/t16?,18-,19?,20-/m0/s1. The summed E-state index contributed by atoms with van der Waals surface area (Å²) in [5.74, 6) is 0.121. The van der Waals surface area contributed by atoms with Gasteiger partial charge in [0.15, 0.2) is 0 Å². The molecule has 0 aliphatic rings. The van der Waals surface area contributed by atoms with Gasteiger partial charge in [-0.05, 0) is 57.6 Å². The highest BCUT2D eigenvalue weighted by Gasteiger charge is 2.38. The van der Waals surface area contributed by atoms with Crippen molar-refractivity contribution in [1.29, 1.82) is 0 Å². The zero-order chi connectivity index (χ0) is 20.0. The lowest BCUT2D eigenvalue weighted by Crippen LogP contribution is -2.50. The molecule has 0 aliphatic heterocycles. The molecular formula is C20H34ClNO3S. The van der Waals surface area contributed by atoms with E-state index in [0.29, 0.717) is 31.6 Å². The van der Waals surface area contributed by atoms with E-state index < -0.39 is 15.6 Å². The molecule has 2 N–H and O–H groups in total. The Labute approximate surface area is 164 Å². The molecule has 2 unspecified atom stereocenters. The highest BCUT2D eigenvalue weighted by Crippen LogP contribution is 2.33. The Balaban J connectivity index is 3.13. The zero-order valence-corrected chi connectivity index (χ0v) is 18.1. The van der Waals surface area contributed by atoms with E-state index in [9.17, 15) is 13.5 Å². The molecule has 6 heteroatoms. The fourth-order valence-corrected chi connectivity index (χ4v) is 5.21. The minimum absolute atomic E-state index is 0.0497. The number of nitrogens with one attached hydrogen (secondary N) is 1. The molecule has 4 atom stereocenters. The second kappa shape index (κ2) is 10.1. The van der Waals surface area contributed by atoms with Crippen molar-refractivity contribution in [3.05, 3.63) is 30.3 Å². The number of alkyl halides is 1. The van der Waals surface area contributed by atoms with Crippen LogP contribution in [0.25, 0.3) is 0 Å². The third kappa shape index (κ3) is 7.18. The summed E-state index contributed by atoms with van der Waals surface area (Å²) in [5.41, 5.74) is -0.956. The van der Waals surface area contributed by atoms with Gasteiger partial charge in [-0.25, -0.2) is 13.1 Å². The largest absolute Gasteiger partial charge is 0.390 e. The second-order valence-electron chi connectivity index (χ2n) is 7.87. The third-order valence-corrected chi connectivity index (χ3v) is 6.51. The van der Waals surface area contributed by atoms with Gasteiger partial charge >= 0.3 is 0 Å². The van der Waals surface area contributed by atoms with Gasteiger partial charge in [-0.2, -0.15) is 0 Å². The van der Waals surface area contributed by atoms with Crippen LogP contribution in [0.15, 0.2) is 35.2 Å². The van der Waals surface area contributed by atoms with E-state index in [4.69, 9.17) is 11.6 Å². The Morgan fingerprint density at radius 1 is 1.15 bits per heavy atom. The fraction of sp³-hybridized carbons (Fsp3) is 0.700. The summed E-state index contributed by atoms with van der Waals surface area (Å²) in [6.45, 7) is 9.83. The molecule has 0 amide bonds. The normalized spacial score (nSPS) is 18.3. The predicted octanol–water partition coefficient (Wildman–Crippen LogP) is 4.56. The van der Waals surface area contributed by atoms with E-state index in [2.05, 4.69) is 18.6 Å². The number of hydrogen-bond donors (Lipinski definition) is 2. The number of aliphatic hydroxyl groups is 1. The molecule has 4 nitrogen and oxygen atoms in total. The molecule has 1 rings (SSSR count). The van der Waals surface area contributed by atoms with Crippen LogP contribution in [-0.2, 0) is 10.0 Å². The van der Waals surface area contributed by atoms with Crippen molar-refractivity contribution in [1.82, 2.24) is 4.72 Å². The molecule has 0 fully saturated rings. The quantitative estimate of drug-likeness (QED) is 0.532. The van der Waals surface area contributed by atoms with Crippen LogP contribution in [0.1, 0.15) is 60.3 Å². The van der Waals surface area contributed by atoms with Crippen LogP contribution < -0.4 is 4.72 Å². The number of rotatable bonds is 11. The monoisotopic (exact) mass is 403 g/mol. The fourth-order valence-electron chi connectivity index (χ4n) is 3.75. The molecule has 0 radical (unpaired) electrons. The molecule has 1 aromatic rings. The van der Waals surface area contributed by atoms with Crippen molar-refractivity contribution in [2.75, 3.05) is 0 Å². The SMILES string of the molecule is CC[C@@H](C(CCC(C)Cl)NS(=O)(=O)c1ccccc1)[C@@](C)(O)CC(C)C. The minimum atomic E-state index is -3.66. The number of benzene rings is 1. The lowest BCUT2D eigenvalue weighted by Gasteiger charge is -2.39. The van der Waals surface area contributed by atoms with Gasteiger partial charge < -0.3 is 5.11 Å². The summed E-state index contributed by atoms with van der Waals surface area (Å²) >= 11 is 6.12. The average Bonchev–Trinajstić information content (AvgIpc) is 2.52. The van der Waals surface area contributed by atoms with Crippen molar-refractivity contribution >= 4 is 21.6 Å². The maximum absolute atomic E-state index is 12.8. The van der Waals surface area contributed by atoms with E-state index in [0.717, 1.165) is 0 Å². The Morgan fingerprint density at radius 3 is 2.19 bits per heavy atom. The minimum Gasteiger partial charge on any atom is -0.390 e. The van der Waals surface area contributed by atoms with Crippen LogP contribution in [0.3, 0.4) is 0 Å². The Morgan fingerprint density at radius 2 is 1.73 bits per heavy atom. The first-order chi connectivity index (χ1) is 12.0. The van der Waals surface area contributed by atoms with Crippen molar-refractivity contribution in [2.45, 2.75) is 82.2 Å². The number of sulfonamides is 1. The molecule has 1 aromatic carbocycles. The molecule has 0 aromatic heterocycles. The van der Waals surface area contributed by atoms with E-state index >= 15 is 0 Å². The first-order valence-corrected chi connectivity index (χ1v) is 11.4. The van der Waals surface area contributed by atoms with Crippen molar-refractivity contribution in [3.8, 4) is 0 Å². The zero-order valence-electron chi connectivity index (χ0n) is 16.6. The second-order valence-corrected chi connectivity index (χ2v) is 10.3. The van der Waals surface area contributed by atoms with E-state index in [-0.39, 0.29) is 22.2 Å². The van der Waals surface area contributed by atoms with E-state index in [1.807, 2.05) is 20.8 Å². The van der Waals surface area contributed by atoms with E-state index in [1.54, 1.807) is 30.3 Å². The third-order valence-electron chi connectivity index (χ3n) is 4.78. The molecule has 0 bridgehead atoms. The van der Waals surface area contributed by atoms with Gasteiger partial charge in [-0.1, -0.05) is 39.0 Å². The van der Waals surface area contributed by atoms with Gasteiger partial charge in [0.2, 0.25) is 10.0 Å². The molecule has 0 spiro atoms. The lowest BCUT2D eigenvalue weighted by molar-refractivity contribution is -0.0336. The summed E-state index contributed by atoms with van der Waals surface area (Å²) < 4.78 is 28.5. The summed E-state index contributed by atoms with van der Waals surface area (Å²) in [6, 6.07) is 7.98. The number of hydrogen-bond acceptors (Lipinski definition) is 3. The van der Waals surface area contributed by atoms with Crippen molar-refractivity contribution < 1.29 is 13.5 Å². The van der Waals surface area contributed by atoms with Gasteiger partial charge in [0.05, 0.1) is 10.5 Å². The van der Waals surface area contributed by atoms with Gasteiger partial charge in [0.1, 0.15) is 0 Å². The average molecular weight is 404 g/mol. The number of halogens is 1. The molecule has 0 saturated heterocycles. The predicted molar refractivity (Wildman–Crippen MR) is 109 cm³/mol. The van der Waals surface area contributed by atoms with Gasteiger partial charge in [0.25, 0.3) is 0 Å². The topological polar surface area (TPSA) is 66.4 Å². The Kier molecular flexibility index (Phi) is 9.07. The van der Waals surface area contributed by atoms with Crippen LogP contribution in [0.4, 0.5) is 0 Å².